The van der Waals surface area contributed by atoms with Crippen molar-refractivity contribution in [3.63, 3.8) is 0 Å². The van der Waals surface area contributed by atoms with Gasteiger partial charge in [-0.2, -0.15) is 0 Å². The van der Waals surface area contributed by atoms with Crippen LogP contribution in [0.2, 0.25) is 0 Å². The topological polar surface area (TPSA) is 70.6 Å². The van der Waals surface area contributed by atoms with Crippen LogP contribution in [0, 0.1) is 6.92 Å². The molecule has 5 nitrogen and oxygen atoms in total. The van der Waals surface area contributed by atoms with E-state index < -0.39 is 9.84 Å². The van der Waals surface area contributed by atoms with Gasteiger partial charge in [0.1, 0.15) is 0 Å². The Balaban J connectivity index is 1.69. The van der Waals surface area contributed by atoms with Crippen molar-refractivity contribution in [3.8, 4) is 0 Å². The van der Waals surface area contributed by atoms with Gasteiger partial charge in [-0.15, -0.1) is 0 Å². The van der Waals surface area contributed by atoms with Crippen molar-refractivity contribution in [3.05, 3.63) is 35.4 Å². The molecule has 1 aromatic rings. The van der Waals surface area contributed by atoms with E-state index in [1.54, 1.807) is 0 Å². The standard InChI is InChI=1S/C18H27N3O2S/c1-3-19-17(21-15-8-11-24(22,23)12-15)20-13-18(9-10-18)16-7-5-4-6-14(16)2/h4-7,15H,3,8-13H2,1-2H3,(H2,19,20,21). The maximum absolute atomic E-state index is 11.6. The van der Waals surface area contributed by atoms with Gasteiger partial charge in [0, 0.05) is 18.0 Å². The number of aryl methyl sites for hydroxylation is 1. The Hall–Kier alpha value is -1.56. The summed E-state index contributed by atoms with van der Waals surface area (Å²) in [5, 5.41) is 6.55. The molecule has 1 heterocycles. The third-order valence-electron chi connectivity index (χ3n) is 5.03. The van der Waals surface area contributed by atoms with Gasteiger partial charge in [0.15, 0.2) is 15.8 Å². The van der Waals surface area contributed by atoms with Gasteiger partial charge in [-0.1, -0.05) is 24.3 Å². The molecule has 1 aromatic carbocycles. The van der Waals surface area contributed by atoms with Gasteiger partial charge in [0.05, 0.1) is 18.1 Å². The fourth-order valence-corrected chi connectivity index (χ4v) is 5.16. The van der Waals surface area contributed by atoms with Gasteiger partial charge in [-0.05, 0) is 44.2 Å². The summed E-state index contributed by atoms with van der Waals surface area (Å²) in [5.41, 5.74) is 2.88. The van der Waals surface area contributed by atoms with Crippen molar-refractivity contribution in [2.75, 3.05) is 24.6 Å². The minimum atomic E-state index is -2.88. The molecule has 0 amide bonds. The average molecular weight is 350 g/mol. The molecular formula is C18H27N3O2S. The van der Waals surface area contributed by atoms with Crippen molar-refractivity contribution in [1.82, 2.24) is 10.6 Å². The predicted molar refractivity (Wildman–Crippen MR) is 98.3 cm³/mol. The molecule has 0 bridgehead atoms. The van der Waals surface area contributed by atoms with Crippen molar-refractivity contribution < 1.29 is 8.42 Å². The van der Waals surface area contributed by atoms with Crippen LogP contribution in [0.1, 0.15) is 37.3 Å². The van der Waals surface area contributed by atoms with E-state index in [0.29, 0.717) is 6.42 Å². The second kappa shape index (κ2) is 6.75. The first-order valence-corrected chi connectivity index (χ1v) is 10.6. The summed E-state index contributed by atoms with van der Waals surface area (Å²) in [7, 11) is -2.88. The number of hydrogen-bond acceptors (Lipinski definition) is 3. The summed E-state index contributed by atoms with van der Waals surface area (Å²) in [6.07, 6.45) is 2.99. The third-order valence-corrected chi connectivity index (χ3v) is 6.80. The number of nitrogens with zero attached hydrogens (tertiary/aromatic N) is 1. The summed E-state index contributed by atoms with van der Waals surface area (Å²) in [4.78, 5) is 4.78. The van der Waals surface area contributed by atoms with Gasteiger partial charge in [0.25, 0.3) is 0 Å². The van der Waals surface area contributed by atoms with Crippen molar-refractivity contribution in [2.45, 2.75) is 44.6 Å². The van der Waals surface area contributed by atoms with Crippen LogP contribution >= 0.6 is 0 Å². The van der Waals surface area contributed by atoms with Crippen molar-refractivity contribution >= 4 is 15.8 Å². The van der Waals surface area contributed by atoms with E-state index in [0.717, 1.165) is 19.0 Å². The lowest BCUT2D eigenvalue weighted by atomic mass is 9.92. The van der Waals surface area contributed by atoms with Crippen molar-refractivity contribution in [2.24, 2.45) is 4.99 Å². The minimum absolute atomic E-state index is 0.0265. The van der Waals surface area contributed by atoms with Crippen LogP contribution in [0.25, 0.3) is 0 Å². The Kier molecular flexibility index (Phi) is 4.85. The zero-order chi connectivity index (χ0) is 17.2. The lowest BCUT2D eigenvalue weighted by Gasteiger charge is -2.19. The van der Waals surface area contributed by atoms with E-state index in [1.165, 1.54) is 24.0 Å². The van der Waals surface area contributed by atoms with E-state index in [-0.39, 0.29) is 23.0 Å². The summed E-state index contributed by atoms with van der Waals surface area (Å²) < 4.78 is 23.3. The van der Waals surface area contributed by atoms with Crippen LogP contribution in [0.3, 0.4) is 0 Å². The number of aliphatic imine (C=N–C) groups is 1. The molecule has 1 atom stereocenters. The molecule has 1 saturated heterocycles. The van der Waals surface area contributed by atoms with Crippen LogP contribution < -0.4 is 10.6 Å². The van der Waals surface area contributed by atoms with Gasteiger partial charge in [-0.25, -0.2) is 8.42 Å². The van der Waals surface area contributed by atoms with E-state index in [4.69, 9.17) is 4.99 Å². The molecule has 0 radical (unpaired) electrons. The fraction of sp³-hybridized carbons (Fsp3) is 0.611. The van der Waals surface area contributed by atoms with E-state index in [2.05, 4.69) is 41.8 Å². The first-order valence-electron chi connectivity index (χ1n) is 8.75. The van der Waals surface area contributed by atoms with E-state index in [9.17, 15) is 8.42 Å². The van der Waals surface area contributed by atoms with E-state index >= 15 is 0 Å². The lowest BCUT2D eigenvalue weighted by Crippen LogP contribution is -2.44. The third kappa shape index (κ3) is 3.91. The smallest absolute Gasteiger partial charge is 0.191 e. The highest BCUT2D eigenvalue weighted by molar-refractivity contribution is 7.91. The van der Waals surface area contributed by atoms with E-state index in [1.807, 2.05) is 6.92 Å². The second-order valence-corrected chi connectivity index (χ2v) is 9.26. The molecular weight excluding hydrogens is 322 g/mol. The Morgan fingerprint density at radius 1 is 1.33 bits per heavy atom. The normalized spacial score (nSPS) is 24.6. The maximum Gasteiger partial charge on any atom is 0.191 e. The Morgan fingerprint density at radius 2 is 2.08 bits per heavy atom. The van der Waals surface area contributed by atoms with Gasteiger partial charge >= 0.3 is 0 Å². The van der Waals surface area contributed by atoms with Crippen LogP contribution in [0.5, 0.6) is 0 Å². The highest BCUT2D eigenvalue weighted by atomic mass is 32.2. The molecule has 1 saturated carbocycles. The molecule has 1 aliphatic heterocycles. The van der Waals surface area contributed by atoms with Crippen LogP contribution in [0.15, 0.2) is 29.3 Å². The monoisotopic (exact) mass is 349 g/mol. The fourth-order valence-electron chi connectivity index (χ4n) is 3.48. The number of sulfone groups is 1. The molecule has 2 fully saturated rings. The molecule has 0 aromatic heterocycles. The zero-order valence-electron chi connectivity index (χ0n) is 14.5. The average Bonchev–Trinajstić information content (AvgIpc) is 3.24. The molecule has 1 aliphatic carbocycles. The molecule has 6 heteroatoms. The minimum Gasteiger partial charge on any atom is -0.357 e. The van der Waals surface area contributed by atoms with Gasteiger partial charge in [0.2, 0.25) is 0 Å². The summed E-state index contributed by atoms with van der Waals surface area (Å²) in [6, 6.07) is 8.51. The largest absolute Gasteiger partial charge is 0.357 e. The van der Waals surface area contributed by atoms with Crippen LogP contribution in [-0.4, -0.2) is 45.0 Å². The molecule has 3 rings (SSSR count). The summed E-state index contributed by atoms with van der Waals surface area (Å²) in [5.74, 6) is 1.22. The highest BCUT2D eigenvalue weighted by Gasteiger charge is 2.45. The number of nitrogens with one attached hydrogen (secondary N) is 2. The number of rotatable bonds is 5. The summed E-state index contributed by atoms with van der Waals surface area (Å²) in [6.45, 7) is 5.69. The molecule has 24 heavy (non-hydrogen) atoms. The quantitative estimate of drug-likeness (QED) is 0.628. The number of hydrogen-bond donors (Lipinski definition) is 2. The Labute approximate surface area is 144 Å². The lowest BCUT2D eigenvalue weighted by molar-refractivity contribution is 0.599. The molecule has 1 unspecified atom stereocenters. The first-order chi connectivity index (χ1) is 11.4. The van der Waals surface area contributed by atoms with Crippen molar-refractivity contribution in [1.29, 1.82) is 0 Å². The molecule has 2 N–H and O–H groups in total. The van der Waals surface area contributed by atoms with Crippen LogP contribution in [-0.2, 0) is 15.3 Å². The predicted octanol–water partition coefficient (Wildman–Crippen LogP) is 1.77. The highest BCUT2D eigenvalue weighted by Crippen LogP contribution is 2.49. The Morgan fingerprint density at radius 3 is 2.67 bits per heavy atom. The molecule has 132 valence electrons. The molecule has 0 spiro atoms. The number of guanidine groups is 1. The maximum atomic E-state index is 11.6. The summed E-state index contributed by atoms with van der Waals surface area (Å²) >= 11 is 0. The SMILES string of the molecule is CCNC(=NCC1(c2ccccc2C)CC1)NC1CCS(=O)(=O)C1. The van der Waals surface area contributed by atoms with Gasteiger partial charge in [-0.3, -0.25) is 4.99 Å². The van der Waals surface area contributed by atoms with Gasteiger partial charge < -0.3 is 10.6 Å². The second-order valence-electron chi connectivity index (χ2n) is 7.03. The zero-order valence-corrected chi connectivity index (χ0v) is 15.3. The first kappa shape index (κ1) is 17.3. The van der Waals surface area contributed by atoms with Crippen LogP contribution in [0.4, 0.5) is 0 Å². The number of benzene rings is 1. The molecule has 2 aliphatic rings. The Bertz CT molecular complexity index is 724.